The average Bonchev–Trinajstić information content (AvgIpc) is 2.67. The first-order chi connectivity index (χ1) is 8.46. The molecule has 0 spiro atoms. The highest BCUT2D eigenvalue weighted by atomic mass is 19.3. The zero-order valence-electron chi connectivity index (χ0n) is 10.2. The fraction of sp³-hybridized carbons (Fsp3) is 0.462. The summed E-state index contributed by atoms with van der Waals surface area (Å²) in [7, 11) is 1.91. The molecule has 96 valence electrons. The van der Waals surface area contributed by atoms with E-state index in [-0.39, 0.29) is 19.4 Å². The number of benzene rings is 1. The third-order valence-corrected chi connectivity index (χ3v) is 3.92. The Morgan fingerprint density at radius 2 is 2.11 bits per heavy atom. The zero-order chi connectivity index (χ0) is 13.0. The molecule has 0 radical (unpaired) electrons. The van der Waals surface area contributed by atoms with Crippen LogP contribution >= 0.6 is 0 Å². The van der Waals surface area contributed by atoms with Gasteiger partial charge in [0.15, 0.2) is 0 Å². The molecule has 2 aromatic rings. The number of rotatable bonds is 2. The van der Waals surface area contributed by atoms with E-state index in [9.17, 15) is 8.78 Å². The maximum absolute atomic E-state index is 13.1. The molecule has 0 atom stereocenters. The second kappa shape index (κ2) is 3.51. The van der Waals surface area contributed by atoms with E-state index >= 15 is 0 Å². The van der Waals surface area contributed by atoms with Crippen molar-refractivity contribution in [2.75, 3.05) is 6.54 Å². The van der Waals surface area contributed by atoms with E-state index in [2.05, 4.69) is 4.98 Å². The predicted octanol–water partition coefficient (Wildman–Crippen LogP) is 2.20. The fourth-order valence-electron chi connectivity index (χ4n) is 2.87. The number of halogens is 2. The Morgan fingerprint density at radius 3 is 2.72 bits per heavy atom. The Morgan fingerprint density at radius 1 is 1.39 bits per heavy atom. The number of aromatic nitrogens is 2. The van der Waals surface area contributed by atoms with Crippen LogP contribution in [0.3, 0.4) is 0 Å². The average molecular weight is 251 g/mol. The largest absolute Gasteiger partial charge is 0.334 e. The SMILES string of the molecule is Cn1cnc2cc(C3(CN)CC(F)(F)C3)ccc21. The Kier molecular flexibility index (Phi) is 2.26. The van der Waals surface area contributed by atoms with Gasteiger partial charge in [0.1, 0.15) is 0 Å². The molecule has 18 heavy (non-hydrogen) atoms. The van der Waals surface area contributed by atoms with Crippen molar-refractivity contribution in [3.05, 3.63) is 30.1 Å². The van der Waals surface area contributed by atoms with Crippen LogP contribution in [-0.4, -0.2) is 22.0 Å². The first kappa shape index (κ1) is 11.6. The van der Waals surface area contributed by atoms with Gasteiger partial charge >= 0.3 is 0 Å². The molecule has 1 saturated carbocycles. The Balaban J connectivity index is 2.04. The molecule has 3 rings (SSSR count). The highest BCUT2D eigenvalue weighted by molar-refractivity contribution is 5.76. The van der Waals surface area contributed by atoms with E-state index in [1.54, 1.807) is 6.33 Å². The Hall–Kier alpha value is -1.49. The fourth-order valence-corrected chi connectivity index (χ4v) is 2.87. The summed E-state index contributed by atoms with van der Waals surface area (Å²) in [6.07, 6.45) is 1.41. The summed E-state index contributed by atoms with van der Waals surface area (Å²) >= 11 is 0. The third-order valence-electron chi connectivity index (χ3n) is 3.92. The van der Waals surface area contributed by atoms with Crippen molar-refractivity contribution in [2.24, 2.45) is 12.8 Å². The maximum Gasteiger partial charge on any atom is 0.250 e. The minimum Gasteiger partial charge on any atom is -0.334 e. The summed E-state index contributed by atoms with van der Waals surface area (Å²) in [5.74, 6) is -2.57. The van der Waals surface area contributed by atoms with Crippen LogP contribution in [0.25, 0.3) is 11.0 Å². The molecule has 5 heteroatoms. The summed E-state index contributed by atoms with van der Waals surface area (Å²) in [6, 6.07) is 5.70. The first-order valence-corrected chi connectivity index (χ1v) is 5.95. The van der Waals surface area contributed by atoms with Crippen LogP contribution in [0.2, 0.25) is 0 Å². The topological polar surface area (TPSA) is 43.8 Å². The lowest BCUT2D eigenvalue weighted by atomic mass is 9.62. The number of hydrogen-bond acceptors (Lipinski definition) is 2. The van der Waals surface area contributed by atoms with Crippen LogP contribution in [0, 0.1) is 0 Å². The van der Waals surface area contributed by atoms with E-state index in [1.807, 2.05) is 29.8 Å². The van der Waals surface area contributed by atoms with Crippen LogP contribution in [0.1, 0.15) is 18.4 Å². The van der Waals surface area contributed by atoms with Gasteiger partial charge in [0.05, 0.1) is 17.4 Å². The smallest absolute Gasteiger partial charge is 0.250 e. The molecule has 0 unspecified atom stereocenters. The van der Waals surface area contributed by atoms with Crippen molar-refractivity contribution in [1.82, 2.24) is 9.55 Å². The van der Waals surface area contributed by atoms with Gasteiger partial charge in [-0.2, -0.15) is 0 Å². The van der Waals surface area contributed by atoms with Gasteiger partial charge in [-0.1, -0.05) is 6.07 Å². The van der Waals surface area contributed by atoms with Crippen molar-refractivity contribution in [2.45, 2.75) is 24.2 Å². The molecule has 0 amide bonds. The summed E-state index contributed by atoms with van der Waals surface area (Å²) < 4.78 is 28.2. The van der Waals surface area contributed by atoms with Crippen molar-refractivity contribution in [3.8, 4) is 0 Å². The molecule has 1 aliphatic carbocycles. The zero-order valence-corrected chi connectivity index (χ0v) is 10.2. The number of hydrogen-bond donors (Lipinski definition) is 1. The number of nitrogens with zero attached hydrogens (tertiary/aromatic N) is 2. The van der Waals surface area contributed by atoms with Gasteiger partial charge in [-0.3, -0.25) is 0 Å². The summed E-state index contributed by atoms with van der Waals surface area (Å²) in [4.78, 5) is 4.26. The summed E-state index contributed by atoms with van der Waals surface area (Å²) in [5.41, 5.74) is 7.84. The Labute approximate surface area is 104 Å². The van der Waals surface area contributed by atoms with Gasteiger partial charge in [0, 0.05) is 31.8 Å². The highest BCUT2D eigenvalue weighted by Crippen LogP contribution is 2.53. The Bertz CT molecular complexity index is 595. The predicted molar refractivity (Wildman–Crippen MR) is 65.6 cm³/mol. The molecule has 0 bridgehead atoms. The van der Waals surface area contributed by atoms with Crippen LogP contribution in [-0.2, 0) is 12.5 Å². The monoisotopic (exact) mass is 251 g/mol. The first-order valence-electron chi connectivity index (χ1n) is 5.95. The minimum absolute atomic E-state index is 0.158. The lowest BCUT2D eigenvalue weighted by molar-refractivity contribution is -0.123. The number of aryl methyl sites for hydroxylation is 1. The number of fused-ring (bicyclic) bond motifs is 1. The summed E-state index contributed by atoms with van der Waals surface area (Å²) in [5, 5.41) is 0. The second-order valence-corrected chi connectivity index (χ2v) is 5.25. The minimum atomic E-state index is -2.57. The molecule has 1 heterocycles. The molecular formula is C13H15F2N3. The summed E-state index contributed by atoms with van der Waals surface area (Å²) in [6.45, 7) is 0.251. The van der Waals surface area contributed by atoms with Crippen LogP contribution in [0.5, 0.6) is 0 Å². The molecule has 1 aromatic carbocycles. The lowest BCUT2D eigenvalue weighted by Crippen LogP contribution is -2.53. The van der Waals surface area contributed by atoms with Crippen LogP contribution in [0.15, 0.2) is 24.5 Å². The van der Waals surface area contributed by atoms with E-state index in [0.29, 0.717) is 0 Å². The van der Waals surface area contributed by atoms with Gasteiger partial charge in [-0.15, -0.1) is 0 Å². The quantitative estimate of drug-likeness (QED) is 0.889. The second-order valence-electron chi connectivity index (χ2n) is 5.25. The van der Waals surface area contributed by atoms with Crippen molar-refractivity contribution in [1.29, 1.82) is 0 Å². The van der Waals surface area contributed by atoms with Crippen molar-refractivity contribution in [3.63, 3.8) is 0 Å². The molecule has 1 fully saturated rings. The van der Waals surface area contributed by atoms with Gasteiger partial charge in [0.25, 0.3) is 0 Å². The molecule has 1 aromatic heterocycles. The lowest BCUT2D eigenvalue weighted by Gasteiger charge is -2.47. The standard InChI is InChI=1S/C13H15F2N3/c1-18-8-17-10-4-9(2-3-11(10)18)12(7-16)5-13(14,15)6-12/h2-4,8H,5-7,16H2,1H3. The number of alkyl halides is 2. The van der Waals surface area contributed by atoms with Gasteiger partial charge in [-0.05, 0) is 17.7 Å². The van der Waals surface area contributed by atoms with Gasteiger partial charge in [-0.25, -0.2) is 13.8 Å². The number of nitrogens with two attached hydrogens (primary N) is 1. The van der Waals surface area contributed by atoms with Crippen LogP contribution < -0.4 is 5.73 Å². The van der Waals surface area contributed by atoms with E-state index in [4.69, 9.17) is 5.73 Å². The maximum atomic E-state index is 13.1. The van der Waals surface area contributed by atoms with E-state index in [1.165, 1.54) is 0 Å². The molecule has 3 nitrogen and oxygen atoms in total. The normalized spacial score (nSPS) is 20.9. The molecule has 0 saturated heterocycles. The van der Waals surface area contributed by atoms with E-state index in [0.717, 1.165) is 16.6 Å². The van der Waals surface area contributed by atoms with E-state index < -0.39 is 11.3 Å². The van der Waals surface area contributed by atoms with Crippen LogP contribution in [0.4, 0.5) is 8.78 Å². The molecule has 1 aliphatic rings. The molecular weight excluding hydrogens is 236 g/mol. The van der Waals surface area contributed by atoms with Crippen molar-refractivity contribution >= 4 is 11.0 Å². The third kappa shape index (κ3) is 1.54. The molecule has 2 N–H and O–H groups in total. The van der Waals surface area contributed by atoms with Crippen molar-refractivity contribution < 1.29 is 8.78 Å². The highest BCUT2D eigenvalue weighted by Gasteiger charge is 2.56. The van der Waals surface area contributed by atoms with Gasteiger partial charge in [0.2, 0.25) is 5.92 Å². The van der Waals surface area contributed by atoms with Gasteiger partial charge < -0.3 is 10.3 Å². The number of imidazole rings is 1. The molecule has 0 aliphatic heterocycles.